The van der Waals surface area contributed by atoms with Crippen LogP contribution >= 0.6 is 0 Å². The van der Waals surface area contributed by atoms with Crippen LogP contribution in [0.2, 0.25) is 0 Å². The van der Waals surface area contributed by atoms with Crippen molar-refractivity contribution in [2.75, 3.05) is 5.32 Å². The molecular formula is C15H12FNO3. The molecule has 0 aliphatic carbocycles. The fraction of sp³-hybridized carbons (Fsp3) is 0.0667. The number of nitrogens with one attached hydrogen (secondary N) is 1. The Morgan fingerprint density at radius 1 is 1.25 bits per heavy atom. The first kappa shape index (κ1) is 13.7. The van der Waals surface area contributed by atoms with Gasteiger partial charge >= 0.3 is 0 Å². The van der Waals surface area contributed by atoms with Gasteiger partial charge in [-0.2, -0.15) is 0 Å². The molecule has 1 N–H and O–H groups in total. The van der Waals surface area contributed by atoms with Gasteiger partial charge in [-0.25, -0.2) is 4.39 Å². The number of hydrogen-bond donors (Lipinski definition) is 1. The Hall–Kier alpha value is -2.69. The second-order valence-corrected chi connectivity index (χ2v) is 4.12. The van der Waals surface area contributed by atoms with Crippen molar-refractivity contribution in [1.29, 1.82) is 0 Å². The molecule has 4 nitrogen and oxygen atoms in total. The van der Waals surface area contributed by atoms with Crippen molar-refractivity contribution in [3.63, 3.8) is 0 Å². The largest absolute Gasteiger partial charge is 0.455 e. The molecule has 0 saturated heterocycles. The average Bonchev–Trinajstić information content (AvgIpc) is 2.39. The van der Waals surface area contributed by atoms with Gasteiger partial charge in [0.25, 0.3) is 0 Å². The number of para-hydroxylation sites is 2. The smallest absolute Gasteiger partial charge is 0.221 e. The van der Waals surface area contributed by atoms with Gasteiger partial charge in [-0.1, -0.05) is 12.1 Å². The van der Waals surface area contributed by atoms with Crippen LogP contribution in [0.4, 0.5) is 10.1 Å². The molecule has 0 spiro atoms. The van der Waals surface area contributed by atoms with E-state index in [-0.39, 0.29) is 17.2 Å². The molecule has 20 heavy (non-hydrogen) atoms. The number of carbonyl (C=O) groups excluding carboxylic acids is 2. The van der Waals surface area contributed by atoms with Crippen LogP contribution in [0, 0.1) is 5.82 Å². The molecule has 0 saturated carbocycles. The van der Waals surface area contributed by atoms with Gasteiger partial charge in [0.15, 0.2) is 5.75 Å². The normalized spacial score (nSPS) is 9.90. The second-order valence-electron chi connectivity index (χ2n) is 4.12. The van der Waals surface area contributed by atoms with Crippen LogP contribution in [0.1, 0.15) is 17.3 Å². The predicted octanol–water partition coefficient (Wildman–Crippen LogP) is 3.39. The molecule has 2 rings (SSSR count). The van der Waals surface area contributed by atoms with Gasteiger partial charge in [0.2, 0.25) is 5.91 Å². The third-order valence-corrected chi connectivity index (χ3v) is 2.46. The quantitative estimate of drug-likeness (QED) is 0.869. The number of amides is 1. The highest BCUT2D eigenvalue weighted by Gasteiger charge is 2.07. The number of hydrogen-bond acceptors (Lipinski definition) is 3. The summed E-state index contributed by atoms with van der Waals surface area (Å²) in [5.41, 5.74) is 0.647. The van der Waals surface area contributed by atoms with Crippen molar-refractivity contribution in [2.45, 2.75) is 6.92 Å². The molecule has 0 heterocycles. The van der Waals surface area contributed by atoms with E-state index in [0.29, 0.717) is 17.7 Å². The lowest BCUT2D eigenvalue weighted by Gasteiger charge is -2.11. The molecule has 0 radical (unpaired) electrons. The molecule has 0 bridgehead atoms. The monoisotopic (exact) mass is 273 g/mol. The minimum Gasteiger partial charge on any atom is -0.455 e. The third-order valence-electron chi connectivity index (χ3n) is 2.46. The third kappa shape index (κ3) is 3.41. The van der Waals surface area contributed by atoms with Gasteiger partial charge in [0.1, 0.15) is 17.9 Å². The maximum atomic E-state index is 13.3. The highest BCUT2D eigenvalue weighted by molar-refractivity contribution is 5.90. The van der Waals surface area contributed by atoms with E-state index in [2.05, 4.69) is 5.32 Å². The Kier molecular flexibility index (Phi) is 4.10. The zero-order valence-electron chi connectivity index (χ0n) is 10.7. The number of rotatable bonds is 4. The van der Waals surface area contributed by atoms with Crippen molar-refractivity contribution < 1.29 is 18.7 Å². The van der Waals surface area contributed by atoms with E-state index in [9.17, 15) is 14.0 Å². The number of benzene rings is 2. The predicted molar refractivity (Wildman–Crippen MR) is 72.6 cm³/mol. The maximum absolute atomic E-state index is 13.3. The summed E-state index contributed by atoms with van der Waals surface area (Å²) < 4.78 is 18.8. The average molecular weight is 273 g/mol. The second kappa shape index (κ2) is 5.97. The van der Waals surface area contributed by atoms with Crippen molar-refractivity contribution in [3.05, 3.63) is 53.8 Å². The lowest BCUT2D eigenvalue weighted by molar-refractivity contribution is -0.114. The Balaban J connectivity index is 2.32. The minimum atomic E-state index is -0.568. The summed E-state index contributed by atoms with van der Waals surface area (Å²) in [6.07, 6.45) is 0.537. The van der Waals surface area contributed by atoms with E-state index in [1.54, 1.807) is 24.3 Å². The highest BCUT2D eigenvalue weighted by atomic mass is 19.1. The van der Waals surface area contributed by atoms with Crippen LogP contribution in [0.3, 0.4) is 0 Å². The van der Waals surface area contributed by atoms with E-state index in [1.807, 2.05) is 0 Å². The van der Waals surface area contributed by atoms with E-state index in [4.69, 9.17) is 4.74 Å². The SMILES string of the molecule is CC(=O)Nc1ccccc1Oc1cc(F)cc(C=O)c1. The molecule has 0 unspecified atom stereocenters. The zero-order chi connectivity index (χ0) is 14.5. The van der Waals surface area contributed by atoms with Gasteiger partial charge in [-0.05, 0) is 24.3 Å². The van der Waals surface area contributed by atoms with Crippen LogP contribution in [-0.4, -0.2) is 12.2 Å². The number of halogens is 1. The van der Waals surface area contributed by atoms with Crippen LogP contribution in [-0.2, 0) is 4.79 Å². The van der Waals surface area contributed by atoms with E-state index < -0.39 is 5.82 Å². The number of ether oxygens (including phenoxy) is 1. The van der Waals surface area contributed by atoms with E-state index >= 15 is 0 Å². The van der Waals surface area contributed by atoms with E-state index in [1.165, 1.54) is 13.0 Å². The first-order chi connectivity index (χ1) is 9.58. The summed E-state index contributed by atoms with van der Waals surface area (Å²) in [5.74, 6) is -0.259. The molecule has 1 amide bonds. The van der Waals surface area contributed by atoms with Gasteiger partial charge in [-0.15, -0.1) is 0 Å². The molecule has 0 fully saturated rings. The maximum Gasteiger partial charge on any atom is 0.221 e. The molecule has 0 aliphatic rings. The summed E-state index contributed by atoms with van der Waals surface area (Å²) in [4.78, 5) is 21.8. The van der Waals surface area contributed by atoms with Crippen molar-refractivity contribution in [3.8, 4) is 11.5 Å². The van der Waals surface area contributed by atoms with E-state index in [0.717, 1.165) is 12.1 Å². The lowest BCUT2D eigenvalue weighted by Crippen LogP contribution is -2.06. The number of aldehydes is 1. The fourth-order valence-electron chi connectivity index (χ4n) is 1.69. The molecule has 0 aliphatic heterocycles. The van der Waals surface area contributed by atoms with Crippen molar-refractivity contribution >= 4 is 17.9 Å². The molecule has 102 valence electrons. The number of anilines is 1. The summed E-state index contributed by atoms with van der Waals surface area (Å²) in [6, 6.07) is 10.5. The molecule has 0 aromatic heterocycles. The summed E-state index contributed by atoms with van der Waals surface area (Å²) >= 11 is 0. The highest BCUT2D eigenvalue weighted by Crippen LogP contribution is 2.30. The molecule has 0 atom stereocenters. The van der Waals surface area contributed by atoms with Crippen LogP contribution in [0.15, 0.2) is 42.5 Å². The van der Waals surface area contributed by atoms with Gasteiger partial charge < -0.3 is 10.1 Å². The van der Waals surface area contributed by atoms with Crippen LogP contribution < -0.4 is 10.1 Å². The lowest BCUT2D eigenvalue weighted by atomic mass is 10.2. The van der Waals surface area contributed by atoms with Crippen LogP contribution in [0.25, 0.3) is 0 Å². The Labute approximate surface area is 115 Å². The summed E-state index contributed by atoms with van der Waals surface area (Å²) in [6.45, 7) is 1.38. The first-order valence-electron chi connectivity index (χ1n) is 5.89. The molecule has 5 heteroatoms. The van der Waals surface area contributed by atoms with Gasteiger partial charge in [0.05, 0.1) is 5.69 Å². The Morgan fingerprint density at radius 2 is 2.00 bits per heavy atom. The Bertz CT molecular complexity index is 655. The summed E-state index contributed by atoms with van der Waals surface area (Å²) in [7, 11) is 0. The summed E-state index contributed by atoms with van der Waals surface area (Å²) in [5, 5.41) is 2.61. The topological polar surface area (TPSA) is 55.4 Å². The molecule has 2 aromatic carbocycles. The van der Waals surface area contributed by atoms with Gasteiger partial charge in [-0.3, -0.25) is 9.59 Å². The van der Waals surface area contributed by atoms with Crippen molar-refractivity contribution in [2.24, 2.45) is 0 Å². The first-order valence-corrected chi connectivity index (χ1v) is 5.89. The minimum absolute atomic E-state index is 0.178. The fourth-order valence-corrected chi connectivity index (χ4v) is 1.69. The van der Waals surface area contributed by atoms with Crippen LogP contribution in [0.5, 0.6) is 11.5 Å². The molecule has 2 aromatic rings. The Morgan fingerprint density at radius 3 is 2.70 bits per heavy atom. The number of carbonyl (C=O) groups is 2. The zero-order valence-corrected chi connectivity index (χ0v) is 10.7. The van der Waals surface area contributed by atoms with Gasteiger partial charge in [0, 0.05) is 18.6 Å². The standard InChI is InChI=1S/C15H12FNO3/c1-10(19)17-14-4-2-3-5-15(14)20-13-7-11(9-18)6-12(16)8-13/h2-9H,1H3,(H,17,19). The molecular weight excluding hydrogens is 261 g/mol. The van der Waals surface area contributed by atoms with Crippen molar-refractivity contribution in [1.82, 2.24) is 0 Å².